The van der Waals surface area contributed by atoms with Crippen LogP contribution in [0.3, 0.4) is 0 Å². The zero-order valence-electron chi connectivity index (χ0n) is 7.90. The van der Waals surface area contributed by atoms with Crippen LogP contribution in [0.5, 0.6) is 0 Å². The number of hydrogen-bond acceptors (Lipinski definition) is 3. The summed E-state index contributed by atoms with van der Waals surface area (Å²) in [6.07, 6.45) is 0. The van der Waals surface area contributed by atoms with Gasteiger partial charge in [0.1, 0.15) is 0 Å². The molecule has 72 valence electrons. The molecule has 3 nitrogen and oxygen atoms in total. The summed E-state index contributed by atoms with van der Waals surface area (Å²) in [5.41, 5.74) is 1.25. The van der Waals surface area contributed by atoms with Gasteiger partial charge in [-0.15, -0.1) is 0 Å². The lowest BCUT2D eigenvalue weighted by Gasteiger charge is -2.37. The Hall–Kier alpha value is -1.34. The van der Waals surface area contributed by atoms with E-state index in [-0.39, 0.29) is 0 Å². The van der Waals surface area contributed by atoms with Gasteiger partial charge in [-0.05, 0) is 37.6 Å². The molecule has 1 aromatic rings. The fourth-order valence-corrected chi connectivity index (χ4v) is 3.38. The molecule has 0 saturated carbocycles. The van der Waals surface area contributed by atoms with Crippen molar-refractivity contribution in [1.29, 1.82) is 5.26 Å². The van der Waals surface area contributed by atoms with E-state index in [9.17, 15) is 8.42 Å². The van der Waals surface area contributed by atoms with E-state index >= 15 is 0 Å². The fraction of sp³-hybridized carbons (Fsp3) is 0.300. The summed E-state index contributed by atoms with van der Waals surface area (Å²) in [4.78, 5) is 0.363. The van der Waals surface area contributed by atoms with E-state index in [1.807, 2.05) is 6.07 Å². The lowest BCUT2D eigenvalue weighted by molar-refractivity contribution is 0.526. The quantitative estimate of drug-likeness (QED) is 0.649. The van der Waals surface area contributed by atoms with E-state index in [4.69, 9.17) is 5.26 Å². The normalized spacial score (nSPS) is 20.4. The zero-order chi connectivity index (χ0) is 10.6. The Bertz CT molecular complexity index is 550. The molecule has 1 aliphatic heterocycles. The van der Waals surface area contributed by atoms with Gasteiger partial charge in [-0.25, -0.2) is 8.42 Å². The van der Waals surface area contributed by atoms with Gasteiger partial charge in [0.2, 0.25) is 0 Å². The van der Waals surface area contributed by atoms with E-state index in [1.165, 1.54) is 12.1 Å². The molecule has 4 heteroatoms. The van der Waals surface area contributed by atoms with Gasteiger partial charge in [-0.2, -0.15) is 5.26 Å². The number of rotatable bonds is 0. The third-order valence-electron chi connectivity index (χ3n) is 2.72. The van der Waals surface area contributed by atoms with Crippen molar-refractivity contribution in [2.75, 3.05) is 0 Å². The lowest BCUT2D eigenvalue weighted by Crippen LogP contribution is -2.40. The molecule has 1 aliphatic rings. The average Bonchev–Trinajstić information content (AvgIpc) is 2.16. The van der Waals surface area contributed by atoms with Gasteiger partial charge < -0.3 is 0 Å². The van der Waals surface area contributed by atoms with E-state index in [0.717, 1.165) is 5.56 Å². The summed E-state index contributed by atoms with van der Waals surface area (Å²) in [6.45, 7) is 3.32. The molecule has 0 atom stereocenters. The van der Waals surface area contributed by atoms with Crippen LogP contribution >= 0.6 is 0 Å². The van der Waals surface area contributed by atoms with Crippen LogP contribution in [-0.2, 0) is 14.6 Å². The Kier molecular flexibility index (Phi) is 1.56. The molecule has 0 aliphatic carbocycles. The third kappa shape index (κ3) is 0.828. The molecule has 0 radical (unpaired) electrons. The van der Waals surface area contributed by atoms with Crippen LogP contribution in [0.2, 0.25) is 0 Å². The largest absolute Gasteiger partial charge is 0.223 e. The van der Waals surface area contributed by atoms with Crippen molar-refractivity contribution in [3.63, 3.8) is 0 Å². The minimum atomic E-state index is -3.15. The minimum absolute atomic E-state index is 0.363. The van der Waals surface area contributed by atoms with E-state index in [2.05, 4.69) is 0 Å². The number of nitrogens with zero attached hydrogens (tertiary/aromatic N) is 1. The highest BCUT2D eigenvalue weighted by atomic mass is 32.2. The van der Waals surface area contributed by atoms with Gasteiger partial charge in [0.05, 0.1) is 21.3 Å². The van der Waals surface area contributed by atoms with Crippen LogP contribution in [0.1, 0.15) is 25.0 Å². The Morgan fingerprint density at radius 3 is 2.57 bits per heavy atom. The van der Waals surface area contributed by atoms with E-state index in [1.54, 1.807) is 19.9 Å². The van der Waals surface area contributed by atoms with Crippen LogP contribution in [0.4, 0.5) is 0 Å². The van der Waals surface area contributed by atoms with Crippen LogP contribution in [0, 0.1) is 11.3 Å². The number of hydrogen-bond donors (Lipinski definition) is 0. The predicted octanol–water partition coefficient (Wildman–Crippen LogP) is 1.58. The van der Waals surface area contributed by atoms with Crippen molar-refractivity contribution in [3.05, 3.63) is 29.3 Å². The van der Waals surface area contributed by atoms with E-state index in [0.29, 0.717) is 10.5 Å². The lowest BCUT2D eigenvalue weighted by atomic mass is 9.99. The van der Waals surface area contributed by atoms with Crippen molar-refractivity contribution in [2.45, 2.75) is 23.5 Å². The Morgan fingerprint density at radius 1 is 1.36 bits per heavy atom. The molecule has 0 spiro atoms. The van der Waals surface area contributed by atoms with Crippen LogP contribution in [0.15, 0.2) is 23.1 Å². The Balaban J connectivity index is 2.76. The SMILES string of the molecule is CC1(C)c2cc(C#N)ccc2S1(=O)=O. The smallest absolute Gasteiger partial charge is 0.188 e. The van der Waals surface area contributed by atoms with Crippen molar-refractivity contribution < 1.29 is 8.42 Å². The van der Waals surface area contributed by atoms with Gasteiger partial charge in [-0.1, -0.05) is 0 Å². The monoisotopic (exact) mass is 207 g/mol. The number of nitriles is 1. The molecule has 0 bridgehead atoms. The molecule has 0 saturated heterocycles. The summed E-state index contributed by atoms with van der Waals surface area (Å²) < 4.78 is 22.5. The highest BCUT2D eigenvalue weighted by Crippen LogP contribution is 2.48. The van der Waals surface area contributed by atoms with Gasteiger partial charge in [0.25, 0.3) is 0 Å². The van der Waals surface area contributed by atoms with Crippen molar-refractivity contribution in [3.8, 4) is 6.07 Å². The first-order valence-corrected chi connectivity index (χ1v) is 5.69. The summed E-state index contributed by atoms with van der Waals surface area (Å²) in [6, 6.07) is 6.69. The number of benzene rings is 1. The van der Waals surface area contributed by atoms with Crippen molar-refractivity contribution in [1.82, 2.24) is 0 Å². The van der Waals surface area contributed by atoms with Gasteiger partial charge >= 0.3 is 0 Å². The predicted molar refractivity (Wildman–Crippen MR) is 51.4 cm³/mol. The first-order valence-electron chi connectivity index (χ1n) is 4.20. The van der Waals surface area contributed by atoms with Gasteiger partial charge in [0.15, 0.2) is 9.84 Å². The molecule has 2 rings (SSSR count). The Labute approximate surface area is 82.9 Å². The molecule has 14 heavy (non-hydrogen) atoms. The highest BCUT2D eigenvalue weighted by molar-refractivity contribution is 7.93. The first kappa shape index (κ1) is 9.22. The molecule has 0 fully saturated rings. The molecule has 1 heterocycles. The molecule has 0 unspecified atom stereocenters. The van der Waals surface area contributed by atoms with E-state index < -0.39 is 14.6 Å². The summed E-state index contributed by atoms with van der Waals surface area (Å²) in [7, 11) is -3.15. The zero-order valence-corrected chi connectivity index (χ0v) is 8.72. The fourth-order valence-electron chi connectivity index (χ4n) is 1.68. The molecule has 0 amide bonds. The summed E-state index contributed by atoms with van der Waals surface area (Å²) in [5, 5.41) is 8.68. The Morgan fingerprint density at radius 2 is 2.00 bits per heavy atom. The average molecular weight is 207 g/mol. The second kappa shape index (κ2) is 2.37. The minimum Gasteiger partial charge on any atom is -0.223 e. The first-order chi connectivity index (χ1) is 6.41. The second-order valence-corrected chi connectivity index (χ2v) is 6.30. The summed E-state index contributed by atoms with van der Waals surface area (Å²) in [5.74, 6) is 0. The summed E-state index contributed by atoms with van der Waals surface area (Å²) >= 11 is 0. The molecular weight excluding hydrogens is 198 g/mol. The van der Waals surface area contributed by atoms with Gasteiger partial charge in [-0.3, -0.25) is 0 Å². The van der Waals surface area contributed by atoms with Crippen LogP contribution in [0.25, 0.3) is 0 Å². The third-order valence-corrected chi connectivity index (χ3v) is 5.22. The molecular formula is C10H9NO2S. The van der Waals surface area contributed by atoms with Gasteiger partial charge in [0, 0.05) is 0 Å². The maximum atomic E-state index is 11.7. The second-order valence-electron chi connectivity index (χ2n) is 3.84. The highest BCUT2D eigenvalue weighted by Gasteiger charge is 2.50. The number of sulfone groups is 1. The van der Waals surface area contributed by atoms with Crippen molar-refractivity contribution >= 4 is 9.84 Å². The number of fused-ring (bicyclic) bond motifs is 1. The maximum absolute atomic E-state index is 11.7. The molecule has 0 aromatic heterocycles. The van der Waals surface area contributed by atoms with Crippen LogP contribution < -0.4 is 0 Å². The van der Waals surface area contributed by atoms with Crippen molar-refractivity contribution in [2.24, 2.45) is 0 Å². The van der Waals surface area contributed by atoms with Crippen LogP contribution in [-0.4, -0.2) is 8.42 Å². The molecule has 0 N–H and O–H groups in total. The standard InChI is InChI=1S/C10H9NO2S/c1-10(2)8-5-7(6-11)3-4-9(8)14(10,12)13/h3-5H,1-2H3. The maximum Gasteiger partial charge on any atom is 0.188 e. The molecule has 1 aromatic carbocycles. The topological polar surface area (TPSA) is 57.9 Å².